The maximum absolute atomic E-state index is 13.5. The van der Waals surface area contributed by atoms with E-state index in [9.17, 15) is 52.7 Å². The predicted octanol–water partition coefficient (Wildman–Crippen LogP) is -3.74. The van der Waals surface area contributed by atoms with Crippen molar-refractivity contribution in [3.8, 4) is 0 Å². The van der Waals surface area contributed by atoms with Crippen molar-refractivity contribution >= 4 is 65.0 Å². The summed E-state index contributed by atoms with van der Waals surface area (Å²) in [7, 11) is 0. The molecule has 0 radical (unpaired) electrons. The summed E-state index contributed by atoms with van der Waals surface area (Å²) in [5, 5.41) is 17.4. The van der Waals surface area contributed by atoms with Crippen molar-refractivity contribution in [2.75, 3.05) is 19.6 Å². The van der Waals surface area contributed by atoms with Crippen molar-refractivity contribution in [3.63, 3.8) is 0 Å². The predicted molar refractivity (Wildman–Crippen MR) is 216 cm³/mol. The molecule has 0 spiro atoms. The second kappa shape index (κ2) is 26.6. The van der Waals surface area contributed by atoms with Crippen molar-refractivity contribution in [3.05, 3.63) is 25.3 Å². The van der Waals surface area contributed by atoms with Crippen LogP contribution in [0.25, 0.3) is 0 Å². The number of carbonyl (C=O) groups is 11. The van der Waals surface area contributed by atoms with Crippen molar-refractivity contribution < 1.29 is 52.7 Å². The van der Waals surface area contributed by atoms with E-state index in [-0.39, 0.29) is 63.3 Å². The van der Waals surface area contributed by atoms with Gasteiger partial charge in [0, 0.05) is 25.9 Å². The molecule has 13 N–H and O–H groups in total. The summed E-state index contributed by atoms with van der Waals surface area (Å²) in [6.07, 6.45) is 2.89. The van der Waals surface area contributed by atoms with E-state index in [0.29, 0.717) is 25.8 Å². The number of nitrogens with zero attached hydrogens (tertiary/aromatic N) is 1. The maximum atomic E-state index is 13.5. The smallest absolute Gasteiger partial charge is 0.245 e. The molecule has 1 aliphatic rings. The molecule has 60 heavy (non-hydrogen) atoms. The first kappa shape index (κ1) is 51.7. The first-order chi connectivity index (χ1) is 28.2. The Hall–Kier alpha value is -6.35. The molecule has 11 amide bonds. The van der Waals surface area contributed by atoms with Crippen molar-refractivity contribution in [1.82, 2.24) is 42.1 Å². The second-order valence-electron chi connectivity index (χ2n) is 14.7. The molecule has 0 aromatic heterocycles. The fourth-order valence-corrected chi connectivity index (χ4v) is 6.06. The molecule has 6 atom stereocenters. The zero-order valence-corrected chi connectivity index (χ0v) is 34.5. The molecule has 22 nitrogen and oxygen atoms in total. The standard InChI is InChI=1S/C38H61N11O11/c1-6-30(52)42-17-9-8-11-23(33(41)55)47-34(56)22(5)44-36(58)26(19-21(3)4)46-32(54)20-43-35(57)24(13-15-28(39)50)48-37(59)27-12-10-18-49(27)38(60)25(14-16-29(40)51)45-31(53)7-2/h6-7,21-27H,1-2,8-20H2,3-5H3,(H2,39,50)(H2,40,51)(H2,41,55)(H,42,52)(H,43,57)(H,44,58)(H,45,53)(H,46,54)(H,47,56)(H,48,59)/t22-,23-,24-,25-,26-,27+/m0/s1. The van der Waals surface area contributed by atoms with Gasteiger partial charge >= 0.3 is 0 Å². The zero-order valence-electron chi connectivity index (χ0n) is 34.5. The van der Waals surface area contributed by atoms with E-state index in [1.807, 2.05) is 0 Å². The van der Waals surface area contributed by atoms with Gasteiger partial charge in [-0.3, -0.25) is 52.7 Å². The number of likely N-dealkylation sites (tertiary alicyclic amines) is 1. The van der Waals surface area contributed by atoms with Crippen LogP contribution in [0, 0.1) is 5.92 Å². The first-order valence-corrected chi connectivity index (χ1v) is 19.7. The van der Waals surface area contributed by atoms with Gasteiger partial charge in [0.1, 0.15) is 36.3 Å². The lowest BCUT2D eigenvalue weighted by Gasteiger charge is -2.29. The normalized spacial score (nSPS) is 15.7. The molecule has 1 heterocycles. The fraction of sp³-hybridized carbons (Fsp3) is 0.605. The van der Waals surface area contributed by atoms with Crippen LogP contribution in [0.5, 0.6) is 0 Å². The number of amides is 11. The Morgan fingerprint density at radius 3 is 1.85 bits per heavy atom. The summed E-state index contributed by atoms with van der Waals surface area (Å²) in [5.41, 5.74) is 16.0. The topological polar surface area (TPSA) is 353 Å². The molecule has 1 saturated heterocycles. The van der Waals surface area contributed by atoms with Gasteiger partial charge in [0.2, 0.25) is 65.0 Å². The summed E-state index contributed by atoms with van der Waals surface area (Å²) in [6, 6.07) is -7.07. The summed E-state index contributed by atoms with van der Waals surface area (Å²) < 4.78 is 0. The molecule has 334 valence electrons. The number of rotatable bonds is 28. The molecule has 0 aromatic rings. The number of hydrogen-bond acceptors (Lipinski definition) is 11. The molecule has 1 rings (SSSR count). The molecule has 0 aliphatic carbocycles. The zero-order chi connectivity index (χ0) is 45.5. The van der Waals surface area contributed by atoms with Crippen LogP contribution in [0.4, 0.5) is 0 Å². The van der Waals surface area contributed by atoms with E-state index in [1.54, 1.807) is 13.8 Å². The van der Waals surface area contributed by atoms with Crippen LogP contribution in [0.2, 0.25) is 0 Å². The van der Waals surface area contributed by atoms with E-state index in [2.05, 4.69) is 50.4 Å². The molecule has 1 fully saturated rings. The van der Waals surface area contributed by atoms with Gasteiger partial charge in [-0.05, 0) is 76.4 Å². The quantitative estimate of drug-likeness (QED) is 0.0269. The van der Waals surface area contributed by atoms with Crippen LogP contribution in [0.15, 0.2) is 25.3 Å². The Morgan fingerprint density at radius 1 is 0.667 bits per heavy atom. The maximum Gasteiger partial charge on any atom is 0.245 e. The molecule has 0 bridgehead atoms. The molecular weight excluding hydrogens is 786 g/mol. The lowest BCUT2D eigenvalue weighted by molar-refractivity contribution is -0.142. The number of nitrogens with two attached hydrogens (primary N) is 3. The Morgan fingerprint density at radius 2 is 1.28 bits per heavy atom. The summed E-state index contributed by atoms with van der Waals surface area (Å²) in [6.45, 7) is 11.4. The summed E-state index contributed by atoms with van der Waals surface area (Å²) >= 11 is 0. The number of nitrogens with one attached hydrogen (secondary N) is 7. The highest BCUT2D eigenvalue weighted by Crippen LogP contribution is 2.20. The Kier molecular flexibility index (Phi) is 22.9. The van der Waals surface area contributed by atoms with Gasteiger partial charge in [-0.25, -0.2) is 0 Å². The van der Waals surface area contributed by atoms with Crippen molar-refractivity contribution in [1.29, 1.82) is 0 Å². The third-order valence-corrected chi connectivity index (χ3v) is 9.23. The molecular formula is C38H61N11O11. The molecule has 22 heteroatoms. The number of hydrogen-bond donors (Lipinski definition) is 10. The minimum atomic E-state index is -1.39. The van der Waals surface area contributed by atoms with E-state index in [1.165, 1.54) is 11.8 Å². The van der Waals surface area contributed by atoms with E-state index < -0.39 is 102 Å². The van der Waals surface area contributed by atoms with E-state index in [4.69, 9.17) is 17.2 Å². The Labute approximate surface area is 348 Å². The third-order valence-electron chi connectivity index (χ3n) is 9.23. The minimum absolute atomic E-state index is 0.120. The largest absolute Gasteiger partial charge is 0.370 e. The lowest BCUT2D eigenvalue weighted by atomic mass is 10.0. The van der Waals surface area contributed by atoms with E-state index in [0.717, 1.165) is 12.2 Å². The highest BCUT2D eigenvalue weighted by atomic mass is 16.2. The molecule has 0 saturated carbocycles. The van der Waals surface area contributed by atoms with Gasteiger partial charge < -0.3 is 59.3 Å². The van der Waals surface area contributed by atoms with Crippen LogP contribution in [-0.4, -0.2) is 126 Å². The highest BCUT2D eigenvalue weighted by molar-refractivity contribution is 5.98. The van der Waals surface area contributed by atoms with Crippen molar-refractivity contribution in [2.24, 2.45) is 23.1 Å². The number of carbonyl (C=O) groups excluding carboxylic acids is 11. The van der Waals surface area contributed by atoms with Crippen LogP contribution in [0.3, 0.4) is 0 Å². The van der Waals surface area contributed by atoms with Gasteiger partial charge in [0.15, 0.2) is 0 Å². The van der Waals surface area contributed by atoms with Crippen LogP contribution >= 0.6 is 0 Å². The second-order valence-corrected chi connectivity index (χ2v) is 14.7. The van der Waals surface area contributed by atoms with Gasteiger partial charge in [0.25, 0.3) is 0 Å². The Balaban J connectivity index is 2.95. The van der Waals surface area contributed by atoms with Gasteiger partial charge in [-0.1, -0.05) is 27.0 Å². The van der Waals surface area contributed by atoms with Gasteiger partial charge in [0.05, 0.1) is 6.54 Å². The van der Waals surface area contributed by atoms with Crippen LogP contribution in [-0.2, 0) is 52.7 Å². The first-order valence-electron chi connectivity index (χ1n) is 19.7. The average Bonchev–Trinajstić information content (AvgIpc) is 3.68. The third kappa shape index (κ3) is 19.4. The summed E-state index contributed by atoms with van der Waals surface area (Å²) in [5.74, 6) is -8.02. The average molecular weight is 848 g/mol. The monoisotopic (exact) mass is 847 g/mol. The number of primary amides is 3. The number of unbranched alkanes of at least 4 members (excludes halogenated alkanes) is 1. The SMILES string of the molecule is C=CC(=O)NCCCC[C@H](NC(=O)[C@H](C)NC(=O)[C@H](CC(C)C)NC(=O)CNC(=O)[C@H](CCC(N)=O)NC(=O)[C@H]1CCCN1C(=O)[C@H](CCC(N)=O)NC(=O)C=C)C(N)=O. The fourth-order valence-electron chi connectivity index (χ4n) is 6.06. The molecule has 1 aliphatic heterocycles. The summed E-state index contributed by atoms with van der Waals surface area (Å²) in [4.78, 5) is 139. The van der Waals surface area contributed by atoms with Gasteiger partial charge in [-0.15, -0.1) is 0 Å². The molecule has 0 aromatic carbocycles. The van der Waals surface area contributed by atoms with Crippen molar-refractivity contribution in [2.45, 2.75) is 121 Å². The lowest BCUT2D eigenvalue weighted by Crippen LogP contribution is -2.57. The van der Waals surface area contributed by atoms with Crippen LogP contribution in [0.1, 0.15) is 85.0 Å². The highest BCUT2D eigenvalue weighted by Gasteiger charge is 2.39. The van der Waals surface area contributed by atoms with E-state index >= 15 is 0 Å². The molecule has 0 unspecified atom stereocenters. The Bertz CT molecular complexity index is 1620. The van der Waals surface area contributed by atoms with Crippen LogP contribution < -0.4 is 54.4 Å². The minimum Gasteiger partial charge on any atom is -0.370 e. The van der Waals surface area contributed by atoms with Gasteiger partial charge in [-0.2, -0.15) is 0 Å².